The summed E-state index contributed by atoms with van der Waals surface area (Å²) in [4.78, 5) is 16.7. The van der Waals surface area contributed by atoms with Crippen molar-refractivity contribution in [2.45, 2.75) is 30.6 Å². The third kappa shape index (κ3) is 6.34. The number of benzene rings is 2. The van der Waals surface area contributed by atoms with E-state index >= 15 is 0 Å². The lowest BCUT2D eigenvalue weighted by Crippen LogP contribution is -2.30. The largest absolute Gasteiger partial charge is 0.493 e. The van der Waals surface area contributed by atoms with Crippen molar-refractivity contribution in [2.75, 3.05) is 26.1 Å². The van der Waals surface area contributed by atoms with E-state index in [0.29, 0.717) is 36.0 Å². The number of ether oxygens (including phenoxy) is 2. The Hall–Kier alpha value is -3.33. The number of nitrogens with zero attached hydrogens (tertiary/aromatic N) is 1. The molecule has 1 heterocycles. The number of methoxy groups -OCH3 is 2. The van der Waals surface area contributed by atoms with E-state index in [0.717, 1.165) is 24.8 Å². The molecule has 0 aromatic heterocycles. The van der Waals surface area contributed by atoms with E-state index in [4.69, 9.17) is 9.47 Å². The molecule has 3 rings (SSSR count). The molecule has 0 atom stereocenters. The molecule has 0 radical (unpaired) electrons. The van der Waals surface area contributed by atoms with Gasteiger partial charge in [-0.15, -0.1) is 0 Å². The third-order valence-electron chi connectivity index (χ3n) is 4.89. The summed E-state index contributed by atoms with van der Waals surface area (Å²) in [5.41, 5.74) is 1.25. The zero-order valence-corrected chi connectivity index (χ0v) is 18.9. The molecule has 0 unspecified atom stereocenters. The number of nitrogens with one attached hydrogen (secondary N) is 2. The van der Waals surface area contributed by atoms with Crippen molar-refractivity contribution in [3.8, 4) is 11.5 Å². The Morgan fingerprint density at radius 1 is 1.00 bits per heavy atom. The fourth-order valence-electron chi connectivity index (χ4n) is 3.20. The van der Waals surface area contributed by atoms with Gasteiger partial charge in [-0.3, -0.25) is 14.5 Å². The van der Waals surface area contributed by atoms with Gasteiger partial charge in [0.15, 0.2) is 11.5 Å². The average Bonchev–Trinajstić information content (AvgIpc) is 3.06. The maximum Gasteiger partial charge on any atom is 0.262 e. The van der Waals surface area contributed by atoms with Crippen LogP contribution >= 0.6 is 0 Å². The minimum atomic E-state index is -3.71. The molecule has 8 nitrogen and oxygen atoms in total. The minimum Gasteiger partial charge on any atom is -0.493 e. The second-order valence-corrected chi connectivity index (χ2v) is 8.89. The monoisotopic (exact) mass is 457 g/mol. The van der Waals surface area contributed by atoms with Crippen LogP contribution < -0.4 is 19.5 Å². The number of anilines is 1. The van der Waals surface area contributed by atoms with Crippen LogP contribution in [0.1, 0.15) is 31.2 Å². The smallest absolute Gasteiger partial charge is 0.262 e. The quantitative estimate of drug-likeness (QED) is 0.618. The van der Waals surface area contributed by atoms with Gasteiger partial charge >= 0.3 is 0 Å². The van der Waals surface area contributed by atoms with Crippen LogP contribution in [0.15, 0.2) is 58.4 Å². The van der Waals surface area contributed by atoms with Crippen molar-refractivity contribution in [3.05, 3.63) is 54.1 Å². The van der Waals surface area contributed by atoms with Gasteiger partial charge in [0.25, 0.3) is 10.0 Å². The van der Waals surface area contributed by atoms with Crippen LogP contribution in [0, 0.1) is 0 Å². The first-order valence-electron chi connectivity index (χ1n) is 10.3. The zero-order chi connectivity index (χ0) is 23.0. The summed E-state index contributed by atoms with van der Waals surface area (Å²) in [5, 5.41) is 2.71. The molecule has 1 aliphatic heterocycles. The van der Waals surface area contributed by atoms with Crippen LogP contribution in [0.25, 0.3) is 6.08 Å². The highest BCUT2D eigenvalue weighted by molar-refractivity contribution is 7.90. The molecule has 32 heavy (non-hydrogen) atoms. The summed E-state index contributed by atoms with van der Waals surface area (Å²) < 4.78 is 38.2. The summed E-state index contributed by atoms with van der Waals surface area (Å²) in [7, 11) is -0.612. The van der Waals surface area contributed by atoms with Gasteiger partial charge in [-0.2, -0.15) is 0 Å². The van der Waals surface area contributed by atoms with Crippen molar-refractivity contribution < 1.29 is 22.7 Å². The van der Waals surface area contributed by atoms with Crippen molar-refractivity contribution in [2.24, 2.45) is 4.99 Å². The number of hydrogen-bond donors (Lipinski definition) is 2. The lowest BCUT2D eigenvalue weighted by atomic mass is 10.2. The van der Waals surface area contributed by atoms with Crippen LogP contribution in [0.5, 0.6) is 11.5 Å². The summed E-state index contributed by atoms with van der Waals surface area (Å²) in [6.07, 6.45) is 6.59. The Balaban J connectivity index is 1.62. The maximum absolute atomic E-state index is 12.6. The predicted molar refractivity (Wildman–Crippen MR) is 125 cm³/mol. The van der Waals surface area contributed by atoms with Gasteiger partial charge in [-0.05, 0) is 60.9 Å². The molecule has 0 fully saturated rings. The van der Waals surface area contributed by atoms with Crippen molar-refractivity contribution in [3.63, 3.8) is 0 Å². The molecule has 1 amide bonds. The molecule has 0 aliphatic carbocycles. The number of rotatable bonds is 7. The Bertz CT molecular complexity index is 1110. The molecule has 0 spiro atoms. The van der Waals surface area contributed by atoms with Crippen LogP contribution in [-0.2, 0) is 14.8 Å². The maximum atomic E-state index is 12.6. The molecule has 0 bridgehead atoms. The fourth-order valence-corrected chi connectivity index (χ4v) is 4.29. The Kier molecular flexibility index (Phi) is 7.88. The van der Waals surface area contributed by atoms with E-state index in [1.54, 1.807) is 50.6 Å². The zero-order valence-electron chi connectivity index (χ0n) is 18.1. The predicted octanol–water partition coefficient (Wildman–Crippen LogP) is 3.61. The highest BCUT2D eigenvalue weighted by Crippen LogP contribution is 2.28. The van der Waals surface area contributed by atoms with Gasteiger partial charge in [0.2, 0.25) is 5.91 Å². The number of sulfonamides is 1. The molecular weight excluding hydrogens is 430 g/mol. The topological polar surface area (TPSA) is 106 Å². The normalized spacial score (nSPS) is 14.4. The molecular formula is C23H27N3O5S. The van der Waals surface area contributed by atoms with Crippen LogP contribution in [-0.4, -0.2) is 40.9 Å². The Morgan fingerprint density at radius 3 is 2.47 bits per heavy atom. The van der Waals surface area contributed by atoms with E-state index in [-0.39, 0.29) is 10.8 Å². The number of amides is 1. The number of amidine groups is 1. The number of hydrogen-bond acceptors (Lipinski definition) is 6. The van der Waals surface area contributed by atoms with Crippen molar-refractivity contribution in [1.29, 1.82) is 0 Å². The van der Waals surface area contributed by atoms with Gasteiger partial charge in [0.05, 0.1) is 19.1 Å². The Labute approximate surface area is 188 Å². The van der Waals surface area contributed by atoms with Gasteiger partial charge in [0.1, 0.15) is 5.84 Å². The summed E-state index contributed by atoms with van der Waals surface area (Å²) in [6.45, 7) is 0.639. The van der Waals surface area contributed by atoms with E-state index in [9.17, 15) is 13.2 Å². The lowest BCUT2D eigenvalue weighted by molar-refractivity contribution is -0.111. The van der Waals surface area contributed by atoms with E-state index in [1.165, 1.54) is 18.2 Å². The first-order valence-corrected chi connectivity index (χ1v) is 11.8. The fraction of sp³-hybridized carbons (Fsp3) is 0.304. The summed E-state index contributed by atoms with van der Waals surface area (Å²) in [6, 6.07) is 11.3. The summed E-state index contributed by atoms with van der Waals surface area (Å²) >= 11 is 0. The highest BCUT2D eigenvalue weighted by Gasteiger charge is 2.17. The average molecular weight is 458 g/mol. The SMILES string of the molecule is COc1ccc(/C=C/C(=O)Nc2ccc(S(=O)(=O)NC3=NCCCCC3)cc2)cc1OC. The van der Waals surface area contributed by atoms with E-state index < -0.39 is 10.0 Å². The Morgan fingerprint density at radius 2 is 1.75 bits per heavy atom. The van der Waals surface area contributed by atoms with Gasteiger partial charge in [-0.1, -0.05) is 12.5 Å². The molecule has 1 aliphatic rings. The lowest BCUT2D eigenvalue weighted by Gasteiger charge is -2.10. The number of carbonyl (C=O) groups is 1. The standard InChI is InChI=1S/C23H27N3O5S/c1-30-20-13-7-17(16-21(20)31-2)8-14-23(27)25-18-9-11-19(12-10-18)32(28,29)26-22-6-4-3-5-15-24-22/h7-14,16H,3-6,15H2,1-2H3,(H,24,26)(H,25,27)/b14-8+. The highest BCUT2D eigenvalue weighted by atomic mass is 32.2. The molecule has 9 heteroatoms. The minimum absolute atomic E-state index is 0.114. The molecule has 0 saturated heterocycles. The van der Waals surface area contributed by atoms with Crippen molar-refractivity contribution >= 4 is 33.5 Å². The van der Waals surface area contributed by atoms with Gasteiger partial charge < -0.3 is 14.8 Å². The van der Waals surface area contributed by atoms with Gasteiger partial charge in [-0.25, -0.2) is 8.42 Å². The molecule has 2 aromatic carbocycles. The molecule has 0 saturated carbocycles. The van der Waals surface area contributed by atoms with Crippen LogP contribution in [0.3, 0.4) is 0 Å². The van der Waals surface area contributed by atoms with Crippen molar-refractivity contribution in [1.82, 2.24) is 4.72 Å². The first-order chi connectivity index (χ1) is 15.4. The summed E-state index contributed by atoms with van der Waals surface area (Å²) in [5.74, 6) is 1.32. The van der Waals surface area contributed by atoms with Crippen LogP contribution in [0.4, 0.5) is 5.69 Å². The number of carbonyl (C=O) groups excluding carboxylic acids is 1. The molecule has 2 aromatic rings. The second-order valence-electron chi connectivity index (χ2n) is 7.21. The van der Waals surface area contributed by atoms with E-state index in [1.807, 2.05) is 0 Å². The molecule has 2 N–H and O–H groups in total. The van der Waals surface area contributed by atoms with E-state index in [2.05, 4.69) is 15.0 Å². The number of aliphatic imine (C=N–C) groups is 1. The molecule has 170 valence electrons. The van der Waals surface area contributed by atoms with Crippen LogP contribution in [0.2, 0.25) is 0 Å². The first kappa shape index (κ1) is 23.3. The third-order valence-corrected chi connectivity index (χ3v) is 6.29. The van der Waals surface area contributed by atoms with Gasteiger partial charge in [0, 0.05) is 24.7 Å². The second kappa shape index (κ2) is 10.8.